The Morgan fingerprint density at radius 1 is 0.494 bits per heavy atom. The molecule has 10 N–H and O–H groups in total. The van der Waals surface area contributed by atoms with Gasteiger partial charge in [-0.15, -0.1) is 0 Å². The third kappa shape index (κ3) is 11.5. The molecule has 4 aromatic heterocycles. The third-order valence-corrected chi connectivity index (χ3v) is 15.5. The molecule has 436 valence electrons. The maximum absolute atomic E-state index is 15.7. The molecule has 0 unspecified atom stereocenters. The van der Waals surface area contributed by atoms with E-state index in [0.29, 0.717) is 12.1 Å². The van der Waals surface area contributed by atoms with E-state index in [1.54, 1.807) is 9.80 Å². The highest BCUT2D eigenvalue weighted by molar-refractivity contribution is 7.91. The number of pyridine rings is 4. The minimum Gasteiger partial charge on any atom is -0.477 e. The Labute approximate surface area is 474 Å². The van der Waals surface area contributed by atoms with Gasteiger partial charge in [-0.25, -0.2) is 64.3 Å². The second-order valence-corrected chi connectivity index (χ2v) is 20.9. The Hall–Kier alpha value is -10.9. The van der Waals surface area contributed by atoms with Crippen molar-refractivity contribution in [3.8, 4) is 11.4 Å². The number of sulfone groups is 1. The third-order valence-electron chi connectivity index (χ3n) is 13.7. The highest BCUT2D eigenvalue weighted by atomic mass is 32.2. The zero-order chi connectivity index (χ0) is 60.8. The van der Waals surface area contributed by atoms with E-state index in [9.17, 15) is 55.4 Å². The fourth-order valence-corrected chi connectivity index (χ4v) is 10.7. The van der Waals surface area contributed by atoms with Gasteiger partial charge in [-0.2, -0.15) is 9.98 Å². The first-order valence-electron chi connectivity index (χ1n) is 25.2. The lowest BCUT2D eigenvalue weighted by atomic mass is 10.1. The van der Waals surface area contributed by atoms with Gasteiger partial charge in [0, 0.05) is 76.9 Å². The molecule has 2 saturated heterocycles. The standard InChI is InChI=1S/C54H44F6N16O8S/c55-27-1-11-41(37(57)21-27)75-25-35(49(79)80)43(77)33-23-39(59)47(67-45(33)75)71-13-17-73(18-14-71)53(63)69-51(61)65-29-3-7-31(8-4-29)85(83,84)32-9-5-30(6-10-32)66-52(62)70-54(64)74-19-15-72(16-20-74)48-40(60)24-34-44(78)36(50(81)82)26-76(46(34)68-48)42-12-2-28(56)22-38(42)58/h1-12,21-26H,13-20H2,(H,79,80)(H,81,82)(H4,61,63,65,69)(H4,62,64,66,70). The SMILES string of the molecule is NC(=Nc1ccc(S(=O)(=O)c2ccc(N=C(N)/N=C(\N)N3CCN(c4nc5c(cc4F)c(=O)c(C(=O)O)cn5-c4ccc(F)cc4F)CC3)cc2)cc1)/N=C(\N)N1CCN(c2nc3c(cc2F)c(=O)c(C(=O)O)cn3-c2ccc(F)cc2F)CC1. The number of hydrogen-bond acceptors (Lipinski definition) is 12. The summed E-state index contributed by atoms with van der Waals surface area (Å²) in [5.41, 5.74) is 20.2. The number of nitrogens with two attached hydrogens (primary N) is 4. The van der Waals surface area contributed by atoms with E-state index in [0.717, 1.165) is 57.9 Å². The van der Waals surface area contributed by atoms with Gasteiger partial charge in [-0.05, 0) is 84.9 Å². The zero-order valence-corrected chi connectivity index (χ0v) is 44.6. The number of carbonyl (C=O) groups is 2. The number of halogens is 6. The summed E-state index contributed by atoms with van der Waals surface area (Å²) in [6.45, 7) is 1.01. The first-order chi connectivity index (χ1) is 40.4. The number of carboxylic acids is 2. The number of rotatable bonds is 10. The fraction of sp³-hybridized carbons (Fsp3) is 0.148. The summed E-state index contributed by atoms with van der Waals surface area (Å²) in [4.78, 5) is 81.4. The summed E-state index contributed by atoms with van der Waals surface area (Å²) in [7, 11) is -4.08. The quantitative estimate of drug-likeness (QED) is 0.0631. The molecule has 0 aliphatic carbocycles. The van der Waals surface area contributed by atoms with Crippen LogP contribution >= 0.6 is 0 Å². The van der Waals surface area contributed by atoms with E-state index in [1.807, 2.05) is 0 Å². The van der Waals surface area contributed by atoms with Gasteiger partial charge in [-0.3, -0.25) is 18.7 Å². The van der Waals surface area contributed by atoms with Crippen molar-refractivity contribution in [1.82, 2.24) is 28.9 Å². The molecule has 10 rings (SSSR count). The number of aromatic carboxylic acids is 2. The molecule has 0 atom stereocenters. The van der Waals surface area contributed by atoms with Crippen molar-refractivity contribution in [2.75, 3.05) is 62.2 Å². The number of nitrogens with zero attached hydrogens (tertiary/aromatic N) is 12. The molecule has 8 aromatic rings. The number of hydrogen-bond donors (Lipinski definition) is 6. The molecule has 0 bridgehead atoms. The summed E-state index contributed by atoms with van der Waals surface area (Å²) < 4.78 is 118. The summed E-state index contributed by atoms with van der Waals surface area (Å²) in [5.74, 6) is -10.4. The second kappa shape index (κ2) is 22.8. The first-order valence-corrected chi connectivity index (χ1v) is 26.6. The van der Waals surface area contributed by atoms with Gasteiger partial charge in [-0.1, -0.05) is 0 Å². The number of carboxylic acid groups (broad SMARTS) is 2. The van der Waals surface area contributed by atoms with Crippen molar-refractivity contribution >= 4 is 90.7 Å². The van der Waals surface area contributed by atoms with Crippen LogP contribution in [0.2, 0.25) is 0 Å². The Kier molecular flexibility index (Phi) is 15.4. The lowest BCUT2D eigenvalue weighted by Crippen LogP contribution is -2.52. The largest absolute Gasteiger partial charge is 0.477 e. The molecule has 85 heavy (non-hydrogen) atoms. The number of benzene rings is 4. The topological polar surface area (TPSA) is 345 Å². The lowest BCUT2D eigenvalue weighted by molar-refractivity contribution is 0.0684. The number of fused-ring (bicyclic) bond motifs is 2. The van der Waals surface area contributed by atoms with Crippen molar-refractivity contribution in [3.05, 3.63) is 176 Å². The van der Waals surface area contributed by atoms with Crippen LogP contribution in [0.25, 0.3) is 33.4 Å². The highest BCUT2D eigenvalue weighted by Crippen LogP contribution is 2.30. The van der Waals surface area contributed by atoms with Crippen LogP contribution in [0.3, 0.4) is 0 Å². The normalized spacial score (nSPS) is 14.8. The van der Waals surface area contributed by atoms with Gasteiger partial charge in [0.2, 0.25) is 32.6 Å². The van der Waals surface area contributed by atoms with E-state index in [1.165, 1.54) is 58.3 Å². The fourth-order valence-electron chi connectivity index (χ4n) is 9.42. The van der Waals surface area contributed by atoms with Gasteiger partial charge >= 0.3 is 11.9 Å². The molecule has 2 aliphatic rings. The molecule has 0 radical (unpaired) electrons. The molecule has 2 aliphatic heterocycles. The van der Waals surface area contributed by atoms with E-state index in [4.69, 9.17) is 22.9 Å². The van der Waals surface area contributed by atoms with Gasteiger partial charge in [0.1, 0.15) is 34.4 Å². The van der Waals surface area contributed by atoms with Crippen LogP contribution in [0, 0.1) is 34.9 Å². The number of aliphatic imine (C=N–C) groups is 4. The summed E-state index contributed by atoms with van der Waals surface area (Å²) in [6, 6.07) is 17.4. The zero-order valence-electron chi connectivity index (χ0n) is 43.7. The van der Waals surface area contributed by atoms with Crippen LogP contribution in [-0.2, 0) is 9.84 Å². The van der Waals surface area contributed by atoms with Gasteiger partial charge in [0.25, 0.3) is 0 Å². The summed E-state index contributed by atoms with van der Waals surface area (Å²) in [5, 5.41) is 18.4. The van der Waals surface area contributed by atoms with Crippen LogP contribution in [0.15, 0.2) is 149 Å². The number of piperazine rings is 2. The maximum Gasteiger partial charge on any atom is 0.341 e. The van der Waals surface area contributed by atoms with Gasteiger partial charge < -0.3 is 52.7 Å². The average Bonchev–Trinajstić information content (AvgIpc) is 1.96. The number of anilines is 2. The van der Waals surface area contributed by atoms with Gasteiger partial charge in [0.05, 0.1) is 43.3 Å². The Bertz CT molecular complexity index is 4160. The molecule has 4 aromatic carbocycles. The van der Waals surface area contributed by atoms with Crippen LogP contribution in [0.4, 0.5) is 49.4 Å². The van der Waals surface area contributed by atoms with Crippen molar-refractivity contribution in [2.24, 2.45) is 42.9 Å². The first kappa shape index (κ1) is 57.4. The number of aromatic nitrogens is 4. The highest BCUT2D eigenvalue weighted by Gasteiger charge is 2.29. The molecule has 0 saturated carbocycles. The maximum atomic E-state index is 15.7. The smallest absolute Gasteiger partial charge is 0.341 e. The molecule has 24 nitrogen and oxygen atoms in total. The molecular formula is C54H44F6N16O8S. The Balaban J connectivity index is 0.755. The molecule has 0 spiro atoms. The predicted octanol–water partition coefficient (Wildman–Crippen LogP) is 4.31. The predicted molar refractivity (Wildman–Crippen MR) is 300 cm³/mol. The van der Waals surface area contributed by atoms with Crippen molar-refractivity contribution in [3.63, 3.8) is 0 Å². The van der Waals surface area contributed by atoms with E-state index in [2.05, 4.69) is 29.9 Å². The van der Waals surface area contributed by atoms with Crippen LogP contribution in [-0.4, -0.2) is 136 Å². The minimum absolute atomic E-state index is 0.0601. The van der Waals surface area contributed by atoms with Crippen molar-refractivity contribution in [2.45, 2.75) is 9.79 Å². The molecule has 2 fully saturated rings. The molecule has 0 amide bonds. The average molecular weight is 1190 g/mol. The second-order valence-electron chi connectivity index (χ2n) is 18.9. The van der Waals surface area contributed by atoms with E-state index >= 15 is 8.78 Å². The lowest BCUT2D eigenvalue weighted by Gasteiger charge is -2.36. The molecular weight excluding hydrogens is 1150 g/mol. The van der Waals surface area contributed by atoms with E-state index in [-0.39, 0.29) is 132 Å². The van der Waals surface area contributed by atoms with Gasteiger partial charge in [0.15, 0.2) is 46.5 Å². The Morgan fingerprint density at radius 2 is 0.847 bits per heavy atom. The van der Waals surface area contributed by atoms with Crippen molar-refractivity contribution in [1.29, 1.82) is 0 Å². The van der Waals surface area contributed by atoms with E-state index < -0.39 is 89.4 Å². The van der Waals surface area contributed by atoms with Crippen LogP contribution < -0.4 is 43.6 Å². The van der Waals surface area contributed by atoms with Crippen LogP contribution in [0.1, 0.15) is 20.7 Å². The summed E-state index contributed by atoms with van der Waals surface area (Å²) >= 11 is 0. The monoisotopic (exact) mass is 1190 g/mol. The van der Waals surface area contributed by atoms with Crippen molar-refractivity contribution < 1.29 is 54.6 Å². The Morgan fingerprint density at radius 3 is 1.18 bits per heavy atom. The molecule has 31 heteroatoms. The summed E-state index contributed by atoms with van der Waals surface area (Å²) in [6.07, 6.45) is 1.67. The van der Waals surface area contributed by atoms with Crippen LogP contribution in [0.5, 0.6) is 0 Å². The minimum atomic E-state index is -4.08. The molecule has 6 heterocycles. The number of guanidine groups is 4.